The van der Waals surface area contributed by atoms with Crippen LogP contribution < -0.4 is 4.74 Å². The van der Waals surface area contributed by atoms with Crippen LogP contribution in [0, 0.1) is 0 Å². The lowest BCUT2D eigenvalue weighted by atomic mass is 10.0. The summed E-state index contributed by atoms with van der Waals surface area (Å²) in [7, 11) is 0. The van der Waals surface area contributed by atoms with Gasteiger partial charge >= 0.3 is 0 Å². The second-order valence-corrected chi connectivity index (χ2v) is 7.40. The summed E-state index contributed by atoms with van der Waals surface area (Å²) in [5.41, 5.74) is 3.28. The molecule has 0 heterocycles. The average molecular weight is 356 g/mol. The van der Waals surface area contributed by atoms with Crippen molar-refractivity contribution in [1.29, 1.82) is 0 Å². The first-order valence-corrected chi connectivity index (χ1v) is 9.66. The van der Waals surface area contributed by atoms with Gasteiger partial charge in [0.15, 0.2) is 0 Å². The van der Waals surface area contributed by atoms with Crippen LogP contribution in [0.3, 0.4) is 0 Å². The normalized spacial score (nSPS) is 11.5. The van der Waals surface area contributed by atoms with Gasteiger partial charge in [-0.25, -0.2) is 0 Å². The van der Waals surface area contributed by atoms with Crippen molar-refractivity contribution in [1.82, 2.24) is 4.90 Å². The van der Waals surface area contributed by atoms with E-state index in [-0.39, 0.29) is 6.61 Å². The predicted molar refractivity (Wildman–Crippen MR) is 108 cm³/mol. The molecule has 0 aromatic heterocycles. The second-order valence-electron chi connectivity index (χ2n) is 7.40. The third-order valence-corrected chi connectivity index (χ3v) is 4.73. The lowest BCUT2D eigenvalue weighted by Crippen LogP contribution is -2.37. The highest BCUT2D eigenvalue weighted by atomic mass is 16.5. The number of benzene rings is 2. The molecule has 0 fully saturated rings. The maximum atomic E-state index is 9.47. The summed E-state index contributed by atoms with van der Waals surface area (Å²) in [4.78, 5) is 2.51. The van der Waals surface area contributed by atoms with Crippen LogP contribution in [0.1, 0.15) is 50.8 Å². The van der Waals surface area contributed by atoms with Gasteiger partial charge in [0.1, 0.15) is 12.4 Å². The summed E-state index contributed by atoms with van der Waals surface area (Å²) >= 11 is 0. The Hall–Kier alpha value is -1.84. The van der Waals surface area contributed by atoms with Crippen LogP contribution in [0.15, 0.2) is 48.5 Å². The molecule has 26 heavy (non-hydrogen) atoms. The van der Waals surface area contributed by atoms with Crippen LogP contribution in [0.4, 0.5) is 0 Å². The van der Waals surface area contributed by atoms with E-state index in [0.717, 1.165) is 36.3 Å². The summed E-state index contributed by atoms with van der Waals surface area (Å²) in [6.07, 6.45) is 2.03. The molecule has 2 rings (SSSR count). The fraction of sp³-hybridized carbons (Fsp3) is 0.478. The molecule has 3 heteroatoms. The number of hydrogen-bond acceptors (Lipinski definition) is 3. The Morgan fingerprint density at radius 1 is 0.923 bits per heavy atom. The van der Waals surface area contributed by atoms with Gasteiger partial charge in [0, 0.05) is 12.1 Å². The molecule has 0 aliphatic heterocycles. The molecule has 0 amide bonds. The van der Waals surface area contributed by atoms with Gasteiger partial charge in [-0.15, -0.1) is 0 Å². The van der Waals surface area contributed by atoms with Crippen molar-refractivity contribution in [3.63, 3.8) is 0 Å². The molecule has 0 spiro atoms. The quantitative estimate of drug-likeness (QED) is 0.664. The highest BCUT2D eigenvalue weighted by Crippen LogP contribution is 2.23. The maximum absolute atomic E-state index is 9.47. The number of aryl methyl sites for hydroxylation is 1. The Kier molecular flexibility index (Phi) is 8.14. The largest absolute Gasteiger partial charge is 0.489 e. The molecule has 0 unspecified atom stereocenters. The van der Waals surface area contributed by atoms with Gasteiger partial charge in [0.2, 0.25) is 0 Å². The van der Waals surface area contributed by atoms with Crippen molar-refractivity contribution in [3.05, 3.63) is 65.2 Å². The molecule has 2 aromatic rings. The molecule has 0 saturated heterocycles. The Balaban J connectivity index is 2.02. The third-order valence-electron chi connectivity index (χ3n) is 4.73. The van der Waals surface area contributed by atoms with Gasteiger partial charge in [-0.05, 0) is 75.9 Å². The molecular weight excluding hydrogens is 322 g/mol. The zero-order chi connectivity index (χ0) is 18.9. The Morgan fingerprint density at radius 2 is 1.62 bits per heavy atom. The standard InChI is InChI=1S/C23H33NO2/c1-18(2)24(19(3)4)14-8-11-22-15-21(16-25)12-13-23(22)26-17-20-9-6-5-7-10-20/h5-7,9-10,12-13,15,18-19,25H,8,11,14,16-17H2,1-4H3. The summed E-state index contributed by atoms with van der Waals surface area (Å²) < 4.78 is 6.08. The van der Waals surface area contributed by atoms with Crippen molar-refractivity contribution in [2.75, 3.05) is 6.54 Å². The van der Waals surface area contributed by atoms with E-state index in [2.05, 4.69) is 50.8 Å². The fourth-order valence-corrected chi connectivity index (χ4v) is 3.37. The van der Waals surface area contributed by atoms with Gasteiger partial charge in [-0.2, -0.15) is 0 Å². The van der Waals surface area contributed by atoms with E-state index in [1.165, 1.54) is 5.56 Å². The lowest BCUT2D eigenvalue weighted by Gasteiger charge is -2.30. The molecule has 2 aromatic carbocycles. The zero-order valence-corrected chi connectivity index (χ0v) is 16.6. The molecule has 0 bridgehead atoms. The number of rotatable bonds is 10. The molecule has 1 N–H and O–H groups in total. The highest BCUT2D eigenvalue weighted by Gasteiger charge is 2.13. The van der Waals surface area contributed by atoms with Crippen LogP contribution >= 0.6 is 0 Å². The Labute approximate surface area is 158 Å². The van der Waals surface area contributed by atoms with Crippen LogP contribution in [-0.2, 0) is 19.6 Å². The van der Waals surface area contributed by atoms with E-state index < -0.39 is 0 Å². The second kappa shape index (κ2) is 10.3. The maximum Gasteiger partial charge on any atom is 0.123 e. The van der Waals surface area contributed by atoms with Crippen molar-refractivity contribution in [2.24, 2.45) is 0 Å². The van der Waals surface area contributed by atoms with Crippen molar-refractivity contribution >= 4 is 0 Å². The smallest absolute Gasteiger partial charge is 0.123 e. The average Bonchev–Trinajstić information content (AvgIpc) is 2.64. The number of aliphatic hydroxyl groups is 1. The van der Waals surface area contributed by atoms with E-state index in [4.69, 9.17) is 4.74 Å². The Morgan fingerprint density at radius 3 is 2.23 bits per heavy atom. The number of hydrogen-bond donors (Lipinski definition) is 1. The van der Waals surface area contributed by atoms with Crippen LogP contribution in [0.2, 0.25) is 0 Å². The van der Waals surface area contributed by atoms with E-state index >= 15 is 0 Å². The van der Waals surface area contributed by atoms with E-state index in [1.807, 2.05) is 30.3 Å². The molecular formula is C23H33NO2. The Bertz CT molecular complexity index is 645. The number of ether oxygens (including phenoxy) is 1. The zero-order valence-electron chi connectivity index (χ0n) is 16.6. The van der Waals surface area contributed by atoms with Crippen LogP contribution in [0.5, 0.6) is 5.75 Å². The van der Waals surface area contributed by atoms with Gasteiger partial charge < -0.3 is 9.84 Å². The fourth-order valence-electron chi connectivity index (χ4n) is 3.37. The molecule has 0 radical (unpaired) electrons. The summed E-state index contributed by atoms with van der Waals surface area (Å²) in [5, 5.41) is 9.47. The molecule has 0 saturated carbocycles. The molecule has 0 aliphatic rings. The summed E-state index contributed by atoms with van der Waals surface area (Å²) in [6, 6.07) is 17.3. The van der Waals surface area contributed by atoms with Gasteiger partial charge in [0.25, 0.3) is 0 Å². The van der Waals surface area contributed by atoms with Gasteiger partial charge in [-0.1, -0.05) is 36.4 Å². The first-order valence-electron chi connectivity index (χ1n) is 9.66. The summed E-state index contributed by atoms with van der Waals surface area (Å²) in [6.45, 7) is 10.7. The van der Waals surface area contributed by atoms with Crippen molar-refractivity contribution < 1.29 is 9.84 Å². The lowest BCUT2D eigenvalue weighted by molar-refractivity contribution is 0.173. The molecule has 142 valence electrons. The number of nitrogens with zero attached hydrogens (tertiary/aromatic N) is 1. The topological polar surface area (TPSA) is 32.7 Å². The van der Waals surface area contributed by atoms with Crippen molar-refractivity contribution in [2.45, 2.75) is 65.8 Å². The minimum atomic E-state index is 0.0656. The van der Waals surface area contributed by atoms with Crippen molar-refractivity contribution in [3.8, 4) is 5.75 Å². The monoisotopic (exact) mass is 355 g/mol. The summed E-state index contributed by atoms with van der Waals surface area (Å²) in [5.74, 6) is 0.923. The SMILES string of the molecule is CC(C)N(CCCc1cc(CO)ccc1OCc1ccccc1)C(C)C. The number of aliphatic hydroxyl groups excluding tert-OH is 1. The van der Waals surface area contributed by atoms with E-state index in [0.29, 0.717) is 18.7 Å². The first-order chi connectivity index (χ1) is 12.5. The van der Waals surface area contributed by atoms with E-state index in [9.17, 15) is 5.11 Å². The highest BCUT2D eigenvalue weighted by molar-refractivity contribution is 5.37. The van der Waals surface area contributed by atoms with Crippen LogP contribution in [0.25, 0.3) is 0 Å². The molecule has 0 atom stereocenters. The van der Waals surface area contributed by atoms with Gasteiger partial charge in [-0.3, -0.25) is 4.90 Å². The minimum Gasteiger partial charge on any atom is -0.489 e. The molecule has 3 nitrogen and oxygen atoms in total. The third kappa shape index (κ3) is 6.15. The molecule has 0 aliphatic carbocycles. The van der Waals surface area contributed by atoms with Crippen LogP contribution in [-0.4, -0.2) is 28.6 Å². The predicted octanol–water partition coefficient (Wildman–Crippen LogP) is 4.81. The van der Waals surface area contributed by atoms with Gasteiger partial charge in [0.05, 0.1) is 6.61 Å². The first kappa shape index (κ1) is 20.5. The van der Waals surface area contributed by atoms with E-state index in [1.54, 1.807) is 0 Å². The minimum absolute atomic E-state index is 0.0656.